The molecule has 1 rings (SSSR count). The van der Waals surface area contributed by atoms with E-state index >= 15 is 0 Å². The maximum absolute atomic E-state index is 9.08. The molecule has 0 heterocycles. The zero-order valence-electron chi connectivity index (χ0n) is 7.90. The highest BCUT2D eigenvalue weighted by Crippen LogP contribution is 2.22. The molecule has 1 aromatic carbocycles. The summed E-state index contributed by atoms with van der Waals surface area (Å²) in [7, 11) is 0. The topological polar surface area (TPSA) is 49.7 Å². The number of halogens is 1. The van der Waals surface area contributed by atoms with Crippen LogP contribution in [0.4, 0.5) is 0 Å². The van der Waals surface area contributed by atoms with Gasteiger partial charge in [-0.3, -0.25) is 0 Å². The standard InChI is InChI=1S/C10H13BrO3/c1-7-4-8(11)2-3-10(7)14-6-9(13)5-12/h2-4,9,12-13H,5-6H2,1H3/t9-/m1/s1. The van der Waals surface area contributed by atoms with Crippen molar-refractivity contribution < 1.29 is 14.9 Å². The van der Waals surface area contributed by atoms with Crippen molar-refractivity contribution in [2.24, 2.45) is 0 Å². The first-order chi connectivity index (χ1) is 6.63. The largest absolute Gasteiger partial charge is 0.491 e. The Kier molecular flexibility index (Phi) is 4.38. The number of aliphatic hydroxyl groups excluding tert-OH is 2. The van der Waals surface area contributed by atoms with Crippen LogP contribution in [0.1, 0.15) is 5.56 Å². The van der Waals surface area contributed by atoms with Crippen LogP contribution in [0.2, 0.25) is 0 Å². The highest BCUT2D eigenvalue weighted by Gasteiger charge is 2.04. The summed E-state index contributed by atoms with van der Waals surface area (Å²) in [6.07, 6.45) is -0.821. The third-order valence-corrected chi connectivity index (χ3v) is 2.27. The van der Waals surface area contributed by atoms with Crippen molar-refractivity contribution in [2.75, 3.05) is 13.2 Å². The van der Waals surface area contributed by atoms with Crippen molar-refractivity contribution in [1.82, 2.24) is 0 Å². The van der Waals surface area contributed by atoms with E-state index in [1.165, 1.54) is 0 Å². The minimum atomic E-state index is -0.821. The predicted molar refractivity (Wildman–Crippen MR) is 57.5 cm³/mol. The minimum absolute atomic E-state index is 0.110. The fraction of sp³-hybridized carbons (Fsp3) is 0.400. The molecule has 1 atom stereocenters. The summed E-state index contributed by atoms with van der Waals surface area (Å²) in [5, 5.41) is 17.7. The molecule has 0 aliphatic heterocycles. The summed E-state index contributed by atoms with van der Waals surface area (Å²) in [6, 6.07) is 5.62. The molecule has 0 saturated carbocycles. The summed E-state index contributed by atoms with van der Waals surface area (Å²) >= 11 is 3.35. The number of hydrogen-bond donors (Lipinski definition) is 2. The first-order valence-electron chi connectivity index (χ1n) is 4.31. The molecular formula is C10H13BrO3. The Balaban J connectivity index is 2.59. The van der Waals surface area contributed by atoms with E-state index in [1.54, 1.807) is 0 Å². The third kappa shape index (κ3) is 3.29. The molecular weight excluding hydrogens is 248 g/mol. The van der Waals surface area contributed by atoms with Crippen LogP contribution in [0.25, 0.3) is 0 Å². The minimum Gasteiger partial charge on any atom is -0.491 e. The second kappa shape index (κ2) is 5.34. The maximum atomic E-state index is 9.08. The molecule has 0 aliphatic rings. The number of hydrogen-bond acceptors (Lipinski definition) is 3. The smallest absolute Gasteiger partial charge is 0.122 e. The molecule has 0 saturated heterocycles. The summed E-state index contributed by atoms with van der Waals surface area (Å²) in [5.41, 5.74) is 0.990. The average Bonchev–Trinajstić information content (AvgIpc) is 2.16. The number of rotatable bonds is 4. The Morgan fingerprint density at radius 1 is 1.50 bits per heavy atom. The molecule has 3 nitrogen and oxygen atoms in total. The lowest BCUT2D eigenvalue weighted by Gasteiger charge is -2.11. The van der Waals surface area contributed by atoms with Crippen LogP contribution in [0.15, 0.2) is 22.7 Å². The van der Waals surface area contributed by atoms with Crippen LogP contribution >= 0.6 is 15.9 Å². The van der Waals surface area contributed by atoms with Gasteiger partial charge in [-0.05, 0) is 30.7 Å². The Morgan fingerprint density at radius 3 is 2.79 bits per heavy atom. The summed E-state index contributed by atoms with van der Waals surface area (Å²) in [6.45, 7) is 1.75. The normalized spacial score (nSPS) is 12.6. The lowest BCUT2D eigenvalue weighted by molar-refractivity contribution is 0.0534. The number of ether oxygens (including phenoxy) is 1. The maximum Gasteiger partial charge on any atom is 0.122 e. The van der Waals surface area contributed by atoms with Crippen molar-refractivity contribution in [3.8, 4) is 5.75 Å². The van der Waals surface area contributed by atoms with E-state index in [1.807, 2.05) is 25.1 Å². The molecule has 0 aliphatic carbocycles. The van der Waals surface area contributed by atoms with Gasteiger partial charge in [0.05, 0.1) is 6.61 Å². The van der Waals surface area contributed by atoms with E-state index in [2.05, 4.69) is 15.9 Å². The first-order valence-corrected chi connectivity index (χ1v) is 5.10. The molecule has 0 fully saturated rings. The van der Waals surface area contributed by atoms with Gasteiger partial charge in [0.2, 0.25) is 0 Å². The summed E-state index contributed by atoms with van der Waals surface area (Å²) < 4.78 is 6.30. The molecule has 4 heteroatoms. The SMILES string of the molecule is Cc1cc(Br)ccc1OC[C@H](O)CO. The van der Waals surface area contributed by atoms with Crippen LogP contribution in [0.3, 0.4) is 0 Å². The second-order valence-corrected chi connectivity index (χ2v) is 3.97. The molecule has 0 radical (unpaired) electrons. The molecule has 1 aromatic rings. The molecule has 0 amide bonds. The van der Waals surface area contributed by atoms with Crippen molar-refractivity contribution in [2.45, 2.75) is 13.0 Å². The Bertz CT molecular complexity index is 301. The van der Waals surface area contributed by atoms with Gasteiger partial charge in [-0.25, -0.2) is 0 Å². The van der Waals surface area contributed by atoms with E-state index in [4.69, 9.17) is 14.9 Å². The van der Waals surface area contributed by atoms with E-state index in [-0.39, 0.29) is 13.2 Å². The number of aryl methyl sites for hydroxylation is 1. The fourth-order valence-electron chi connectivity index (χ4n) is 1.01. The van der Waals surface area contributed by atoms with Crippen molar-refractivity contribution in [1.29, 1.82) is 0 Å². The fourth-order valence-corrected chi connectivity index (χ4v) is 1.49. The van der Waals surface area contributed by atoms with Gasteiger partial charge in [-0.1, -0.05) is 15.9 Å². The van der Waals surface area contributed by atoms with Crippen molar-refractivity contribution >= 4 is 15.9 Å². The Morgan fingerprint density at radius 2 is 2.21 bits per heavy atom. The van der Waals surface area contributed by atoms with E-state index in [9.17, 15) is 0 Å². The van der Waals surface area contributed by atoms with E-state index in [0.717, 1.165) is 15.8 Å². The number of aliphatic hydroxyl groups is 2. The van der Waals surface area contributed by atoms with Crippen LogP contribution in [-0.2, 0) is 0 Å². The quantitative estimate of drug-likeness (QED) is 0.863. The van der Waals surface area contributed by atoms with E-state index < -0.39 is 6.10 Å². The van der Waals surface area contributed by atoms with Crippen molar-refractivity contribution in [3.63, 3.8) is 0 Å². The predicted octanol–water partition coefficient (Wildman–Crippen LogP) is 1.49. The van der Waals surface area contributed by atoms with Crippen molar-refractivity contribution in [3.05, 3.63) is 28.2 Å². The van der Waals surface area contributed by atoms with Crippen LogP contribution < -0.4 is 4.74 Å². The monoisotopic (exact) mass is 260 g/mol. The second-order valence-electron chi connectivity index (χ2n) is 3.06. The molecule has 2 N–H and O–H groups in total. The van der Waals surface area contributed by atoms with Gasteiger partial charge < -0.3 is 14.9 Å². The average molecular weight is 261 g/mol. The van der Waals surface area contributed by atoms with E-state index in [0.29, 0.717) is 0 Å². The molecule has 0 bridgehead atoms. The van der Waals surface area contributed by atoms with Gasteiger partial charge in [0.15, 0.2) is 0 Å². The van der Waals surface area contributed by atoms with Gasteiger partial charge in [0, 0.05) is 4.47 Å². The lowest BCUT2D eigenvalue weighted by atomic mass is 10.2. The molecule has 14 heavy (non-hydrogen) atoms. The zero-order valence-corrected chi connectivity index (χ0v) is 9.49. The highest BCUT2D eigenvalue weighted by atomic mass is 79.9. The van der Waals surface area contributed by atoms with Crippen LogP contribution in [0.5, 0.6) is 5.75 Å². The van der Waals surface area contributed by atoms with Gasteiger partial charge in [-0.2, -0.15) is 0 Å². The zero-order chi connectivity index (χ0) is 10.6. The lowest BCUT2D eigenvalue weighted by Crippen LogP contribution is -2.21. The first kappa shape index (κ1) is 11.5. The van der Waals surface area contributed by atoms with Gasteiger partial charge >= 0.3 is 0 Å². The summed E-state index contributed by atoms with van der Waals surface area (Å²) in [4.78, 5) is 0. The molecule has 0 aromatic heterocycles. The Labute approximate surface area is 91.5 Å². The highest BCUT2D eigenvalue weighted by molar-refractivity contribution is 9.10. The number of benzene rings is 1. The van der Waals surface area contributed by atoms with Gasteiger partial charge in [0.1, 0.15) is 18.5 Å². The van der Waals surface area contributed by atoms with Crippen LogP contribution in [0, 0.1) is 6.92 Å². The van der Waals surface area contributed by atoms with Gasteiger partial charge in [0.25, 0.3) is 0 Å². The molecule has 0 unspecified atom stereocenters. The third-order valence-electron chi connectivity index (χ3n) is 1.78. The molecule has 0 spiro atoms. The van der Waals surface area contributed by atoms with Crippen LogP contribution in [-0.4, -0.2) is 29.5 Å². The Hall–Kier alpha value is -0.580. The molecule has 78 valence electrons. The summed E-state index contributed by atoms with van der Waals surface area (Å²) in [5.74, 6) is 0.723. The van der Waals surface area contributed by atoms with Gasteiger partial charge in [-0.15, -0.1) is 0 Å².